The monoisotopic (exact) mass is 687 g/mol. The maximum atomic E-state index is 11.3. The molecule has 2 atom stereocenters. The molecular formula is C25H53MoNO6P2S2. The van der Waals surface area contributed by atoms with Crippen molar-refractivity contribution in [3.8, 4) is 0 Å². The van der Waals surface area contributed by atoms with Crippen LogP contribution in [0, 0.1) is 0 Å². The molecule has 2 unspecified atom stereocenters. The number of rotatable bonds is 27. The van der Waals surface area contributed by atoms with Crippen LogP contribution in [-0.4, -0.2) is 24.2 Å². The minimum Gasteiger partial charge on any atom is -0.374 e. The molecule has 7 nitrogen and oxygen atoms in total. The third-order valence-electron chi connectivity index (χ3n) is 5.90. The van der Waals surface area contributed by atoms with E-state index in [0.717, 1.165) is 38.5 Å². The summed E-state index contributed by atoms with van der Waals surface area (Å²) in [7, 11) is 0. The Labute approximate surface area is 251 Å². The number of carbonyl (C=O) groups is 1. The van der Waals surface area contributed by atoms with Gasteiger partial charge in [0.15, 0.2) is 0 Å². The van der Waals surface area contributed by atoms with Gasteiger partial charge in [-0.15, -0.1) is 0 Å². The van der Waals surface area contributed by atoms with Crippen molar-refractivity contribution in [2.75, 3.05) is 13.2 Å². The predicted octanol–water partition coefficient (Wildman–Crippen LogP) is 9.41. The molecule has 0 saturated carbocycles. The third kappa shape index (κ3) is 28.4. The summed E-state index contributed by atoms with van der Waals surface area (Å²) in [6, 6.07) is 0. The van der Waals surface area contributed by atoms with Crippen LogP contribution in [0.3, 0.4) is 0 Å². The van der Waals surface area contributed by atoms with E-state index in [9.17, 15) is 9.69 Å². The second kappa shape index (κ2) is 27.3. The van der Waals surface area contributed by atoms with E-state index in [1.807, 2.05) is 0 Å². The Morgan fingerprint density at radius 1 is 0.649 bits per heavy atom. The number of hydrogen-bond donors (Lipinski definition) is 2. The van der Waals surface area contributed by atoms with Crippen molar-refractivity contribution < 1.29 is 48.6 Å². The normalized spacial score (nSPS) is 14.5. The minimum absolute atomic E-state index is 0. The number of primary amides is 1. The van der Waals surface area contributed by atoms with Crippen LogP contribution in [0.2, 0.25) is 0 Å². The predicted molar refractivity (Wildman–Crippen MR) is 158 cm³/mol. The Balaban J connectivity index is 0. The largest absolute Gasteiger partial charge is 0.411 e. The van der Waals surface area contributed by atoms with Gasteiger partial charge >= 0.3 is 19.5 Å². The zero-order valence-corrected chi connectivity index (χ0v) is 28.7. The fraction of sp³-hybridized carbons (Fsp3) is 0.960. The van der Waals surface area contributed by atoms with E-state index in [4.69, 9.17) is 47.2 Å². The molecule has 0 aromatic carbocycles. The van der Waals surface area contributed by atoms with Crippen molar-refractivity contribution in [1.29, 1.82) is 0 Å². The molecule has 12 heteroatoms. The van der Waals surface area contributed by atoms with E-state index >= 15 is 0 Å². The molecule has 0 bridgehead atoms. The molecule has 1 amide bonds. The first kappa shape index (κ1) is 40.2. The summed E-state index contributed by atoms with van der Waals surface area (Å²) in [5.74, 6) is 0. The van der Waals surface area contributed by atoms with E-state index in [2.05, 4.69) is 13.8 Å². The Kier molecular flexibility index (Phi) is 29.7. The first-order valence-electron chi connectivity index (χ1n) is 14.2. The summed E-state index contributed by atoms with van der Waals surface area (Å²) >= 11 is 10.3. The van der Waals surface area contributed by atoms with Crippen LogP contribution in [0.5, 0.6) is 0 Å². The van der Waals surface area contributed by atoms with E-state index in [-0.39, 0.29) is 34.3 Å². The number of hydrogen-bond acceptors (Lipinski definition) is 7. The van der Waals surface area contributed by atoms with Crippen LogP contribution < -0.4 is 5.73 Å². The molecule has 3 N–H and O–H groups in total. The van der Waals surface area contributed by atoms with E-state index in [1.165, 1.54) is 89.9 Å². The van der Waals surface area contributed by atoms with Crippen molar-refractivity contribution in [1.82, 2.24) is 0 Å². The van der Waals surface area contributed by atoms with E-state index in [1.54, 1.807) is 0 Å². The molecule has 0 fully saturated rings. The Hall–Kier alpha value is 1.10. The zero-order chi connectivity index (χ0) is 27.0. The van der Waals surface area contributed by atoms with E-state index in [0.29, 0.717) is 0 Å². The number of unbranched alkanes of at least 4 members (excludes halogenated alkanes) is 18. The van der Waals surface area contributed by atoms with Gasteiger partial charge in [0.05, 0.1) is 13.2 Å². The third-order valence-corrected chi connectivity index (χ3v) is 11.0. The fourth-order valence-corrected chi connectivity index (χ4v) is 9.02. The summed E-state index contributed by atoms with van der Waals surface area (Å²) < 4.78 is 21.2. The van der Waals surface area contributed by atoms with Crippen LogP contribution in [0.1, 0.15) is 142 Å². The average molecular weight is 686 g/mol. The summed E-state index contributed by atoms with van der Waals surface area (Å²) in [4.78, 5) is 21.7. The summed E-state index contributed by atoms with van der Waals surface area (Å²) in [6.45, 7) is -2.38. The van der Waals surface area contributed by atoms with Gasteiger partial charge in [-0.2, -0.15) is 0 Å². The summed E-state index contributed by atoms with van der Waals surface area (Å²) in [5.41, 5.74) is 5.14. The SMILES string of the molecule is CCCCCCCCCCCCOP(O)(=S)OP(=S)(OCCCCCCCCCCCC)OC(N)=O.[Mo]. The standard InChI is InChI=1S/C25H53NO6P2S2.Mo/c1-3-5-7-9-11-13-15-17-19-21-23-29-33(28,35)32-34(36,31-25(26)27)30-24-22-20-18-16-14-12-10-8-6-4-2;/h3-24H2,1-2H3,(H2,26,27)(H,28,35);. The van der Waals surface area contributed by atoms with Gasteiger partial charge in [-0.05, 0) is 24.6 Å². The maximum Gasteiger partial charge on any atom is 0.411 e. The van der Waals surface area contributed by atoms with Gasteiger partial charge in [0.1, 0.15) is 0 Å². The van der Waals surface area contributed by atoms with Crippen molar-refractivity contribution in [2.24, 2.45) is 5.73 Å². The molecule has 0 aromatic heterocycles. The number of carbonyl (C=O) groups excluding carboxylic acids is 1. The van der Waals surface area contributed by atoms with Gasteiger partial charge in [-0.1, -0.05) is 129 Å². The van der Waals surface area contributed by atoms with E-state index < -0.39 is 19.5 Å². The maximum absolute atomic E-state index is 11.3. The fourth-order valence-electron chi connectivity index (χ4n) is 3.86. The first-order valence-corrected chi connectivity index (χ1v) is 19.3. The van der Waals surface area contributed by atoms with Gasteiger partial charge in [0, 0.05) is 32.9 Å². The van der Waals surface area contributed by atoms with Gasteiger partial charge < -0.3 is 19.7 Å². The second-order valence-electron chi connectivity index (χ2n) is 9.44. The molecule has 0 rings (SSSR count). The average Bonchev–Trinajstić information content (AvgIpc) is 2.80. The van der Waals surface area contributed by atoms with Gasteiger partial charge in [-0.25, -0.2) is 9.11 Å². The molecule has 0 aliphatic heterocycles. The van der Waals surface area contributed by atoms with Gasteiger partial charge in [0.2, 0.25) is 0 Å². The molecule has 37 heavy (non-hydrogen) atoms. The minimum atomic E-state index is -3.71. The van der Waals surface area contributed by atoms with Crippen LogP contribution in [0.4, 0.5) is 4.79 Å². The quantitative estimate of drug-likeness (QED) is 0.0501. The molecule has 0 radical (unpaired) electrons. The van der Waals surface area contributed by atoms with Gasteiger partial charge in [-0.3, -0.25) is 4.52 Å². The van der Waals surface area contributed by atoms with Crippen molar-refractivity contribution >= 4 is 43.1 Å². The van der Waals surface area contributed by atoms with Crippen molar-refractivity contribution in [3.05, 3.63) is 0 Å². The summed E-state index contributed by atoms with van der Waals surface area (Å²) in [6.07, 6.45) is 22.6. The molecule has 222 valence electrons. The molecule has 0 saturated heterocycles. The number of nitrogens with two attached hydrogens (primary N) is 1. The Morgan fingerprint density at radius 3 is 1.32 bits per heavy atom. The van der Waals surface area contributed by atoms with Crippen LogP contribution in [0.25, 0.3) is 0 Å². The number of amides is 1. The first-order chi connectivity index (χ1) is 17.2. The zero-order valence-electron chi connectivity index (χ0n) is 23.2. The second-order valence-corrected chi connectivity index (χ2v) is 15.3. The van der Waals surface area contributed by atoms with Crippen LogP contribution in [0.15, 0.2) is 0 Å². The molecule has 0 heterocycles. The molecule has 0 spiro atoms. The topological polar surface area (TPSA) is 100 Å². The van der Waals surface area contributed by atoms with Crippen LogP contribution >= 0.6 is 13.4 Å². The Morgan fingerprint density at radius 2 is 0.973 bits per heavy atom. The van der Waals surface area contributed by atoms with Crippen LogP contribution in [-0.2, 0) is 62.6 Å². The molecular weight excluding hydrogens is 632 g/mol. The smallest absolute Gasteiger partial charge is 0.374 e. The molecule has 0 aliphatic carbocycles. The Bertz CT molecular complexity index is 634. The summed E-state index contributed by atoms with van der Waals surface area (Å²) in [5, 5.41) is 0. The van der Waals surface area contributed by atoms with Gasteiger partial charge in [0.25, 0.3) is 0 Å². The molecule has 0 aromatic rings. The van der Waals surface area contributed by atoms with Crippen molar-refractivity contribution in [2.45, 2.75) is 142 Å². The van der Waals surface area contributed by atoms with Crippen molar-refractivity contribution in [3.63, 3.8) is 0 Å². The molecule has 0 aliphatic rings.